The van der Waals surface area contributed by atoms with Gasteiger partial charge >= 0.3 is 6.09 Å². The van der Waals surface area contributed by atoms with Gasteiger partial charge in [0, 0.05) is 43.2 Å². The number of ether oxygens (including phenoxy) is 2. The van der Waals surface area contributed by atoms with E-state index < -0.39 is 23.4 Å². The molecule has 5 heterocycles. The van der Waals surface area contributed by atoms with E-state index in [0.29, 0.717) is 39.5 Å². The molecular weight excluding hydrogens is 539 g/mol. The quantitative estimate of drug-likeness (QED) is 0.332. The summed E-state index contributed by atoms with van der Waals surface area (Å²) in [4.78, 5) is 39.3. The molecule has 0 aliphatic carbocycles. The fourth-order valence-electron chi connectivity index (χ4n) is 5.42. The molecular formula is C31H33FN6O4. The Morgan fingerprint density at radius 1 is 1.10 bits per heavy atom. The van der Waals surface area contributed by atoms with Crippen LogP contribution in [0, 0.1) is 5.82 Å². The van der Waals surface area contributed by atoms with Crippen molar-refractivity contribution in [3.63, 3.8) is 0 Å². The second-order valence-electron chi connectivity index (χ2n) is 11.5. The Bertz CT molecular complexity index is 1660. The standard InChI is InChI=1S/C31H33FN6O4/c1-19(36-11-13-41-14-12-36)20-5-8-26(33-16-20)35-24-7-6-22(25-17-34-27-15-21(32)9-10-37(25)27)23-18-38(29(39)28(23)24)30(40)42-31(2,3)4/h5-10,15-17,19H,11-14,18H2,1-4H3,(H,33,35)/t19-/m1/s1. The van der Waals surface area contributed by atoms with Gasteiger partial charge in [0.1, 0.15) is 22.9 Å². The summed E-state index contributed by atoms with van der Waals surface area (Å²) >= 11 is 0. The van der Waals surface area contributed by atoms with Gasteiger partial charge in [-0.05, 0) is 57.0 Å². The largest absolute Gasteiger partial charge is 0.443 e. The van der Waals surface area contributed by atoms with Crippen LogP contribution in [0.25, 0.3) is 16.9 Å². The number of hydrogen-bond acceptors (Lipinski definition) is 8. The lowest BCUT2D eigenvalue weighted by Gasteiger charge is -2.32. The second-order valence-corrected chi connectivity index (χ2v) is 11.5. The second kappa shape index (κ2) is 10.8. The summed E-state index contributed by atoms with van der Waals surface area (Å²) in [5.41, 5.74) is 3.63. The van der Waals surface area contributed by atoms with Crippen molar-refractivity contribution in [2.24, 2.45) is 0 Å². The number of fused-ring (bicyclic) bond motifs is 2. The van der Waals surface area contributed by atoms with Crippen LogP contribution in [0.1, 0.15) is 55.2 Å². The zero-order chi connectivity index (χ0) is 29.6. The molecule has 0 unspecified atom stereocenters. The van der Waals surface area contributed by atoms with Gasteiger partial charge in [-0.15, -0.1) is 0 Å². The van der Waals surface area contributed by atoms with Gasteiger partial charge in [-0.2, -0.15) is 0 Å². The SMILES string of the molecule is C[C@H](c1ccc(Nc2ccc(-c3cnc4cc(F)ccn34)c3c2C(=O)N(C(=O)OC(C)(C)C)C3)nc1)N1CCOCC1. The van der Waals surface area contributed by atoms with Crippen molar-refractivity contribution in [1.29, 1.82) is 0 Å². The summed E-state index contributed by atoms with van der Waals surface area (Å²) in [6.07, 6.45) is 4.34. The number of hydrogen-bond donors (Lipinski definition) is 1. The maximum absolute atomic E-state index is 13.8. The van der Waals surface area contributed by atoms with Crippen LogP contribution in [-0.4, -0.2) is 68.1 Å². The van der Waals surface area contributed by atoms with Gasteiger partial charge in [0.2, 0.25) is 0 Å². The van der Waals surface area contributed by atoms with Crippen molar-refractivity contribution >= 4 is 29.2 Å². The van der Waals surface area contributed by atoms with Crippen molar-refractivity contribution in [1.82, 2.24) is 24.2 Å². The van der Waals surface area contributed by atoms with Crippen molar-refractivity contribution in [2.75, 3.05) is 31.6 Å². The van der Waals surface area contributed by atoms with Gasteiger partial charge < -0.3 is 14.8 Å². The van der Waals surface area contributed by atoms with Gasteiger partial charge in [-0.25, -0.2) is 24.1 Å². The molecule has 6 rings (SSSR count). The number of morpholine rings is 1. The Morgan fingerprint density at radius 2 is 1.88 bits per heavy atom. The molecule has 42 heavy (non-hydrogen) atoms. The minimum Gasteiger partial charge on any atom is -0.443 e. The number of imidazole rings is 1. The number of aromatic nitrogens is 3. The number of pyridine rings is 2. The molecule has 0 bridgehead atoms. The number of carbonyl (C=O) groups is 2. The fraction of sp³-hybridized carbons (Fsp3) is 0.355. The highest BCUT2D eigenvalue weighted by Crippen LogP contribution is 2.39. The lowest BCUT2D eigenvalue weighted by atomic mass is 9.99. The average Bonchev–Trinajstić information content (AvgIpc) is 3.54. The maximum Gasteiger partial charge on any atom is 0.417 e. The van der Waals surface area contributed by atoms with Crippen molar-refractivity contribution in [3.8, 4) is 11.3 Å². The van der Waals surface area contributed by atoms with E-state index in [-0.39, 0.29) is 12.6 Å². The first-order chi connectivity index (χ1) is 20.1. The van der Waals surface area contributed by atoms with Crippen molar-refractivity contribution in [2.45, 2.75) is 45.9 Å². The van der Waals surface area contributed by atoms with E-state index in [1.807, 2.05) is 24.4 Å². The Hall–Kier alpha value is -4.35. The Labute approximate surface area is 243 Å². The van der Waals surface area contributed by atoms with E-state index in [0.717, 1.165) is 36.8 Å². The molecule has 1 saturated heterocycles. The topological polar surface area (TPSA) is 101 Å². The number of rotatable bonds is 5. The average molecular weight is 573 g/mol. The van der Waals surface area contributed by atoms with Crippen LogP contribution in [-0.2, 0) is 16.0 Å². The summed E-state index contributed by atoms with van der Waals surface area (Å²) in [5.74, 6) is -0.300. The molecule has 2 aliphatic rings. The number of nitrogens with zero attached hydrogens (tertiary/aromatic N) is 5. The van der Waals surface area contributed by atoms with Gasteiger partial charge in [0.15, 0.2) is 0 Å². The van der Waals surface area contributed by atoms with E-state index in [2.05, 4.69) is 27.1 Å². The number of carbonyl (C=O) groups excluding carboxylic acids is 2. The predicted molar refractivity (Wildman–Crippen MR) is 155 cm³/mol. The maximum atomic E-state index is 13.8. The Kier molecular flexibility index (Phi) is 7.15. The molecule has 10 nitrogen and oxygen atoms in total. The number of anilines is 2. The van der Waals surface area contributed by atoms with Crippen LogP contribution < -0.4 is 5.32 Å². The number of benzene rings is 1. The summed E-state index contributed by atoms with van der Waals surface area (Å²) < 4.78 is 26.6. The van der Waals surface area contributed by atoms with Crippen molar-refractivity contribution in [3.05, 3.63) is 77.5 Å². The Morgan fingerprint density at radius 3 is 2.60 bits per heavy atom. The number of imide groups is 1. The van der Waals surface area contributed by atoms with E-state index in [1.54, 1.807) is 43.6 Å². The lowest BCUT2D eigenvalue weighted by Crippen LogP contribution is -2.38. The van der Waals surface area contributed by atoms with Gasteiger partial charge in [0.25, 0.3) is 5.91 Å². The number of halogens is 1. The molecule has 1 N–H and O–H groups in total. The van der Waals surface area contributed by atoms with Crippen molar-refractivity contribution < 1.29 is 23.5 Å². The Balaban J connectivity index is 1.35. The zero-order valence-corrected chi connectivity index (χ0v) is 24.1. The van der Waals surface area contributed by atoms with Gasteiger partial charge in [-0.1, -0.05) is 12.1 Å². The monoisotopic (exact) mass is 572 g/mol. The van der Waals surface area contributed by atoms with Crippen LogP contribution in [0.5, 0.6) is 0 Å². The summed E-state index contributed by atoms with van der Waals surface area (Å²) in [7, 11) is 0. The molecule has 0 radical (unpaired) electrons. The highest BCUT2D eigenvalue weighted by atomic mass is 19.1. The molecule has 0 spiro atoms. The highest BCUT2D eigenvalue weighted by Gasteiger charge is 2.39. The third-order valence-electron chi connectivity index (χ3n) is 7.58. The molecule has 2 amide bonds. The molecule has 11 heteroatoms. The molecule has 3 aromatic heterocycles. The van der Waals surface area contributed by atoms with Crippen LogP contribution in [0.4, 0.5) is 20.7 Å². The number of nitrogens with one attached hydrogen (secondary N) is 1. The van der Waals surface area contributed by atoms with E-state index in [4.69, 9.17) is 9.47 Å². The fourth-order valence-corrected chi connectivity index (χ4v) is 5.42. The molecule has 1 atom stereocenters. The molecule has 0 saturated carbocycles. The van der Waals surface area contributed by atoms with E-state index in [1.165, 1.54) is 12.1 Å². The summed E-state index contributed by atoms with van der Waals surface area (Å²) in [6.45, 7) is 10.6. The zero-order valence-electron chi connectivity index (χ0n) is 24.1. The minimum absolute atomic E-state index is 0.0196. The lowest BCUT2D eigenvalue weighted by molar-refractivity contribution is 0.0198. The van der Waals surface area contributed by atoms with Gasteiger partial charge in [0.05, 0.1) is 42.9 Å². The first kappa shape index (κ1) is 27.8. The van der Waals surface area contributed by atoms with Gasteiger partial charge in [-0.3, -0.25) is 14.1 Å². The van der Waals surface area contributed by atoms with Crippen LogP contribution >= 0.6 is 0 Å². The van der Waals surface area contributed by atoms with Crippen LogP contribution in [0.15, 0.2) is 55.0 Å². The molecule has 1 aromatic carbocycles. The molecule has 1 fully saturated rings. The third-order valence-corrected chi connectivity index (χ3v) is 7.58. The normalized spacial score (nSPS) is 16.5. The van der Waals surface area contributed by atoms with Crippen LogP contribution in [0.2, 0.25) is 0 Å². The smallest absolute Gasteiger partial charge is 0.417 e. The summed E-state index contributed by atoms with van der Waals surface area (Å²) in [5, 5.41) is 3.29. The van der Waals surface area contributed by atoms with E-state index >= 15 is 0 Å². The first-order valence-corrected chi connectivity index (χ1v) is 14.0. The molecule has 218 valence electrons. The third kappa shape index (κ3) is 5.33. The molecule has 4 aromatic rings. The number of amides is 2. The molecule has 2 aliphatic heterocycles. The minimum atomic E-state index is -0.772. The predicted octanol–water partition coefficient (Wildman–Crippen LogP) is 5.56. The van der Waals surface area contributed by atoms with Crippen LogP contribution in [0.3, 0.4) is 0 Å². The highest BCUT2D eigenvalue weighted by molar-refractivity contribution is 6.11. The van der Waals surface area contributed by atoms with E-state index in [9.17, 15) is 14.0 Å². The first-order valence-electron chi connectivity index (χ1n) is 14.0. The summed E-state index contributed by atoms with van der Waals surface area (Å²) in [6, 6.07) is 10.5.